The number of methoxy groups -OCH3 is 1. The van der Waals surface area contributed by atoms with Crippen LogP contribution < -0.4 is 15.4 Å². The summed E-state index contributed by atoms with van der Waals surface area (Å²) in [7, 11) is 1.61. The summed E-state index contributed by atoms with van der Waals surface area (Å²) >= 11 is 6.64. The SMILES string of the molecule is COc1ccc(N=C(NC#N)Nc2ccc3[nH]c(=S)sc3c2)cc1. The first kappa shape index (κ1) is 16.0. The monoisotopic (exact) mass is 355 g/mol. The van der Waals surface area contributed by atoms with Crippen molar-refractivity contribution in [2.45, 2.75) is 0 Å². The Morgan fingerprint density at radius 3 is 2.79 bits per heavy atom. The molecule has 0 radical (unpaired) electrons. The quantitative estimate of drug-likeness (QED) is 0.216. The summed E-state index contributed by atoms with van der Waals surface area (Å²) in [4.78, 5) is 7.51. The maximum atomic E-state index is 8.93. The van der Waals surface area contributed by atoms with E-state index in [-0.39, 0.29) is 0 Å². The van der Waals surface area contributed by atoms with Gasteiger partial charge in [-0.2, -0.15) is 5.26 Å². The Labute approximate surface area is 147 Å². The largest absolute Gasteiger partial charge is 0.497 e. The molecule has 24 heavy (non-hydrogen) atoms. The van der Waals surface area contributed by atoms with Gasteiger partial charge in [0.1, 0.15) is 5.75 Å². The predicted octanol–water partition coefficient (Wildman–Crippen LogP) is 4.14. The molecule has 3 N–H and O–H groups in total. The zero-order valence-electron chi connectivity index (χ0n) is 12.7. The predicted molar refractivity (Wildman–Crippen MR) is 99.5 cm³/mol. The third-order valence-electron chi connectivity index (χ3n) is 3.17. The van der Waals surface area contributed by atoms with Crippen molar-refractivity contribution in [1.29, 1.82) is 5.26 Å². The van der Waals surface area contributed by atoms with Crippen LogP contribution in [0.25, 0.3) is 10.2 Å². The lowest BCUT2D eigenvalue weighted by Crippen LogP contribution is -2.26. The minimum atomic E-state index is 0.334. The number of nitrogens with zero attached hydrogens (tertiary/aromatic N) is 2. The number of H-pyrrole nitrogens is 1. The molecule has 1 aromatic heterocycles. The van der Waals surface area contributed by atoms with Gasteiger partial charge in [0, 0.05) is 5.69 Å². The number of aromatic nitrogens is 1. The molecule has 0 spiro atoms. The fraction of sp³-hybridized carbons (Fsp3) is 0.0625. The molecule has 0 saturated carbocycles. The number of rotatable bonds is 3. The lowest BCUT2D eigenvalue weighted by Gasteiger charge is -2.08. The molecule has 0 amide bonds. The highest BCUT2D eigenvalue weighted by atomic mass is 32.1. The summed E-state index contributed by atoms with van der Waals surface area (Å²) < 4.78 is 6.88. The fourth-order valence-corrected chi connectivity index (χ4v) is 3.24. The number of guanidine groups is 1. The first-order valence-corrected chi connectivity index (χ1v) is 8.18. The van der Waals surface area contributed by atoms with Crippen LogP contribution in [-0.4, -0.2) is 18.1 Å². The highest BCUT2D eigenvalue weighted by Crippen LogP contribution is 2.23. The Hall–Kier alpha value is -2.89. The van der Waals surface area contributed by atoms with E-state index >= 15 is 0 Å². The van der Waals surface area contributed by atoms with E-state index in [1.165, 1.54) is 11.3 Å². The van der Waals surface area contributed by atoms with E-state index in [0.717, 1.165) is 25.6 Å². The summed E-state index contributed by atoms with van der Waals surface area (Å²) in [6.07, 6.45) is 1.88. The molecule has 0 aliphatic rings. The van der Waals surface area contributed by atoms with Crippen LogP contribution in [0.2, 0.25) is 0 Å². The van der Waals surface area contributed by atoms with Crippen LogP contribution in [0.4, 0.5) is 11.4 Å². The van der Waals surface area contributed by atoms with Crippen LogP contribution in [-0.2, 0) is 0 Å². The third-order valence-corrected chi connectivity index (χ3v) is 4.37. The summed E-state index contributed by atoms with van der Waals surface area (Å²) in [6.45, 7) is 0. The molecular formula is C16H13N5OS2. The van der Waals surface area contributed by atoms with Crippen molar-refractivity contribution >= 4 is 51.1 Å². The van der Waals surface area contributed by atoms with Crippen LogP contribution in [0.1, 0.15) is 0 Å². The second-order valence-corrected chi connectivity index (χ2v) is 6.46. The summed E-state index contributed by atoms with van der Waals surface area (Å²) in [5, 5.41) is 14.6. The van der Waals surface area contributed by atoms with Gasteiger partial charge in [0.2, 0.25) is 5.96 Å². The van der Waals surface area contributed by atoms with Gasteiger partial charge in [-0.1, -0.05) is 0 Å². The first-order valence-electron chi connectivity index (χ1n) is 6.95. The minimum absolute atomic E-state index is 0.334. The smallest absolute Gasteiger partial charge is 0.214 e. The van der Waals surface area contributed by atoms with Crippen LogP contribution in [0.15, 0.2) is 47.5 Å². The molecule has 120 valence electrons. The third kappa shape index (κ3) is 3.71. The average Bonchev–Trinajstić information content (AvgIpc) is 2.95. The molecule has 3 aromatic rings. The number of thiazole rings is 1. The number of benzene rings is 2. The van der Waals surface area contributed by atoms with Crippen LogP contribution in [0.5, 0.6) is 5.75 Å². The number of aliphatic imine (C=N–C) groups is 1. The lowest BCUT2D eigenvalue weighted by atomic mass is 10.3. The van der Waals surface area contributed by atoms with E-state index in [4.69, 9.17) is 22.2 Å². The average molecular weight is 355 g/mol. The standard InChI is InChI=1S/C16H13N5OS2/c1-22-12-5-2-10(3-6-12)19-15(18-9-17)20-11-4-7-13-14(8-11)24-16(23)21-13/h2-8H,1H3,(H,21,23)(H2,18,19,20). The van der Waals surface area contributed by atoms with Gasteiger partial charge in [-0.25, -0.2) is 4.99 Å². The number of anilines is 1. The molecule has 0 bridgehead atoms. The van der Waals surface area contributed by atoms with E-state index in [1.807, 2.05) is 36.5 Å². The minimum Gasteiger partial charge on any atom is -0.497 e. The number of hydrogen-bond donors (Lipinski definition) is 3. The second-order valence-electron chi connectivity index (χ2n) is 4.75. The number of aromatic amines is 1. The van der Waals surface area contributed by atoms with Gasteiger partial charge in [0.15, 0.2) is 10.1 Å². The molecule has 0 fully saturated rings. The molecule has 2 aromatic carbocycles. The summed E-state index contributed by atoms with van der Waals surface area (Å²) in [5.41, 5.74) is 2.49. The normalized spacial score (nSPS) is 11.1. The van der Waals surface area contributed by atoms with Crippen molar-refractivity contribution in [3.05, 3.63) is 46.4 Å². The summed E-state index contributed by atoms with van der Waals surface area (Å²) in [6, 6.07) is 13.0. The summed E-state index contributed by atoms with van der Waals surface area (Å²) in [5.74, 6) is 1.08. The second kappa shape index (κ2) is 7.12. The van der Waals surface area contributed by atoms with Crippen molar-refractivity contribution in [1.82, 2.24) is 10.3 Å². The lowest BCUT2D eigenvalue weighted by molar-refractivity contribution is 0.415. The molecule has 0 atom stereocenters. The molecule has 1 heterocycles. The Kier molecular flexibility index (Phi) is 4.74. The molecule has 6 nitrogen and oxygen atoms in total. The van der Waals surface area contributed by atoms with Crippen molar-refractivity contribution in [3.63, 3.8) is 0 Å². The number of nitriles is 1. The van der Waals surface area contributed by atoms with Gasteiger partial charge in [-0.05, 0) is 54.7 Å². The van der Waals surface area contributed by atoms with Crippen molar-refractivity contribution in [2.75, 3.05) is 12.4 Å². The van der Waals surface area contributed by atoms with Crippen LogP contribution in [0, 0.1) is 15.4 Å². The van der Waals surface area contributed by atoms with E-state index < -0.39 is 0 Å². The van der Waals surface area contributed by atoms with Crippen molar-refractivity contribution in [2.24, 2.45) is 4.99 Å². The molecule has 3 rings (SSSR count). The maximum absolute atomic E-state index is 8.93. The highest BCUT2D eigenvalue weighted by Gasteiger charge is 2.03. The van der Waals surface area contributed by atoms with Gasteiger partial charge >= 0.3 is 0 Å². The number of hydrogen-bond acceptors (Lipinski definition) is 5. The van der Waals surface area contributed by atoms with Crippen LogP contribution in [0.3, 0.4) is 0 Å². The van der Waals surface area contributed by atoms with E-state index in [2.05, 4.69) is 20.6 Å². The van der Waals surface area contributed by atoms with E-state index in [9.17, 15) is 0 Å². The molecule has 0 saturated heterocycles. The fourth-order valence-electron chi connectivity index (χ4n) is 2.09. The molecule has 0 aliphatic heterocycles. The zero-order chi connectivity index (χ0) is 16.9. The van der Waals surface area contributed by atoms with Crippen molar-refractivity contribution in [3.8, 4) is 11.9 Å². The zero-order valence-corrected chi connectivity index (χ0v) is 14.3. The van der Waals surface area contributed by atoms with Crippen LogP contribution >= 0.6 is 23.6 Å². The van der Waals surface area contributed by atoms with E-state index in [1.54, 1.807) is 19.2 Å². The first-order chi connectivity index (χ1) is 11.7. The number of fused-ring (bicyclic) bond motifs is 1. The van der Waals surface area contributed by atoms with Crippen molar-refractivity contribution < 1.29 is 4.74 Å². The Morgan fingerprint density at radius 2 is 2.08 bits per heavy atom. The Bertz CT molecular complexity index is 982. The Balaban J connectivity index is 1.87. The van der Waals surface area contributed by atoms with E-state index in [0.29, 0.717) is 11.6 Å². The molecule has 0 unspecified atom stereocenters. The Morgan fingerprint density at radius 1 is 1.29 bits per heavy atom. The number of ether oxygens (including phenoxy) is 1. The molecule has 8 heteroatoms. The molecular weight excluding hydrogens is 342 g/mol. The van der Waals surface area contributed by atoms with Gasteiger partial charge in [-0.15, -0.1) is 11.3 Å². The van der Waals surface area contributed by atoms with Gasteiger partial charge in [0.25, 0.3) is 0 Å². The number of nitrogens with one attached hydrogen (secondary N) is 3. The van der Waals surface area contributed by atoms with Gasteiger partial charge in [-0.3, -0.25) is 5.32 Å². The van der Waals surface area contributed by atoms with Gasteiger partial charge in [0.05, 0.1) is 23.0 Å². The topological polar surface area (TPSA) is 85.2 Å². The highest BCUT2D eigenvalue weighted by molar-refractivity contribution is 7.73. The van der Waals surface area contributed by atoms with Gasteiger partial charge < -0.3 is 15.0 Å². The maximum Gasteiger partial charge on any atom is 0.214 e. The molecule has 0 aliphatic carbocycles.